The van der Waals surface area contributed by atoms with E-state index in [0.29, 0.717) is 6.42 Å². The fourth-order valence-electron chi connectivity index (χ4n) is 2.22. The Balaban J connectivity index is 2.44. The van der Waals surface area contributed by atoms with Crippen LogP contribution in [0.25, 0.3) is 11.3 Å². The molecule has 0 fully saturated rings. The van der Waals surface area contributed by atoms with Crippen LogP contribution < -0.4 is 10.3 Å². The predicted molar refractivity (Wildman–Crippen MR) is 91.7 cm³/mol. The van der Waals surface area contributed by atoms with Crippen molar-refractivity contribution in [1.82, 2.24) is 9.97 Å². The normalized spacial score (nSPS) is 10.5. The van der Waals surface area contributed by atoms with Crippen LogP contribution in [0.2, 0.25) is 0 Å². The highest BCUT2D eigenvalue weighted by atomic mass is 32.2. The van der Waals surface area contributed by atoms with Crippen LogP contribution in [0.5, 0.6) is 5.75 Å². The van der Waals surface area contributed by atoms with Gasteiger partial charge in [-0.15, -0.1) is 0 Å². The summed E-state index contributed by atoms with van der Waals surface area (Å²) in [5, 5.41) is 9.40. The quantitative estimate of drug-likeness (QED) is 0.458. The lowest BCUT2D eigenvalue weighted by Crippen LogP contribution is -2.14. The van der Waals surface area contributed by atoms with Crippen molar-refractivity contribution in [2.45, 2.75) is 31.3 Å². The van der Waals surface area contributed by atoms with Crippen LogP contribution in [-0.2, 0) is 0 Å². The predicted octanol–water partition coefficient (Wildman–Crippen LogP) is 3.88. The molecule has 0 atom stereocenters. The zero-order chi connectivity index (χ0) is 18.4. The van der Waals surface area contributed by atoms with Gasteiger partial charge in [-0.2, -0.15) is 5.26 Å². The summed E-state index contributed by atoms with van der Waals surface area (Å²) in [4.78, 5) is 18.5. The zero-order valence-electron chi connectivity index (χ0n) is 13.9. The molecular weight excluding hydrogens is 348 g/mol. The second-order valence-electron chi connectivity index (χ2n) is 5.24. The number of aromatic nitrogens is 2. The van der Waals surface area contributed by atoms with E-state index in [1.165, 1.54) is 0 Å². The second kappa shape index (κ2) is 8.62. The van der Waals surface area contributed by atoms with Gasteiger partial charge in [-0.25, -0.2) is 13.8 Å². The lowest BCUT2D eigenvalue weighted by Gasteiger charge is -2.11. The number of aromatic amines is 1. The van der Waals surface area contributed by atoms with Gasteiger partial charge >= 0.3 is 0 Å². The van der Waals surface area contributed by atoms with E-state index in [2.05, 4.69) is 9.97 Å². The molecular formula is C17H17F2N3O2S. The number of rotatable bonds is 7. The van der Waals surface area contributed by atoms with Crippen LogP contribution in [0, 0.1) is 23.0 Å². The van der Waals surface area contributed by atoms with Gasteiger partial charge in [-0.1, -0.05) is 31.5 Å². The average Bonchev–Trinajstić information content (AvgIpc) is 2.59. The summed E-state index contributed by atoms with van der Waals surface area (Å²) in [5.41, 5.74) is -1.01. The summed E-state index contributed by atoms with van der Waals surface area (Å²) < 4.78 is 33.7. The Bertz CT molecular complexity index is 839. The Morgan fingerprint density at radius 2 is 2.00 bits per heavy atom. The van der Waals surface area contributed by atoms with E-state index in [0.717, 1.165) is 36.7 Å². The number of hydrogen-bond donors (Lipinski definition) is 1. The standard InChI is InChI=1S/C17H17F2N3O2S/c1-3-4-5-6-24-15-12(18)7-10(8-13(15)19)14-11(9-20)16(23)22-17(21-14)25-2/h7-8H,3-6H2,1-2H3,(H,21,22,23). The molecule has 0 aliphatic rings. The van der Waals surface area contributed by atoms with Gasteiger partial charge in [0.05, 0.1) is 12.3 Å². The van der Waals surface area contributed by atoms with Crippen LogP contribution in [0.3, 0.4) is 0 Å². The Morgan fingerprint density at radius 3 is 2.56 bits per heavy atom. The van der Waals surface area contributed by atoms with Gasteiger partial charge in [0.15, 0.2) is 22.5 Å². The van der Waals surface area contributed by atoms with Crippen molar-refractivity contribution in [3.05, 3.63) is 39.7 Å². The fourth-order valence-corrected chi connectivity index (χ4v) is 2.60. The van der Waals surface area contributed by atoms with E-state index in [1.807, 2.05) is 6.92 Å². The largest absolute Gasteiger partial charge is 0.488 e. The third-order valence-electron chi connectivity index (χ3n) is 3.47. The number of thioether (sulfide) groups is 1. The molecule has 1 aromatic heterocycles. The molecule has 8 heteroatoms. The first-order chi connectivity index (χ1) is 12.0. The van der Waals surface area contributed by atoms with Crippen LogP contribution in [-0.4, -0.2) is 22.8 Å². The number of H-pyrrole nitrogens is 1. The maximum atomic E-state index is 14.3. The molecule has 5 nitrogen and oxygen atoms in total. The number of hydrogen-bond acceptors (Lipinski definition) is 5. The number of nitriles is 1. The summed E-state index contributed by atoms with van der Waals surface area (Å²) in [7, 11) is 0. The van der Waals surface area contributed by atoms with Gasteiger partial charge < -0.3 is 9.72 Å². The molecule has 0 saturated heterocycles. The van der Waals surface area contributed by atoms with Crippen molar-refractivity contribution in [2.24, 2.45) is 0 Å². The highest BCUT2D eigenvalue weighted by molar-refractivity contribution is 7.98. The molecule has 0 amide bonds. The molecule has 0 radical (unpaired) electrons. The van der Waals surface area contributed by atoms with E-state index < -0.39 is 22.9 Å². The summed E-state index contributed by atoms with van der Waals surface area (Å²) in [6.07, 6.45) is 4.25. The van der Waals surface area contributed by atoms with E-state index in [1.54, 1.807) is 12.3 Å². The zero-order valence-corrected chi connectivity index (χ0v) is 14.7. The van der Waals surface area contributed by atoms with Gasteiger partial charge in [-0.3, -0.25) is 4.79 Å². The molecule has 25 heavy (non-hydrogen) atoms. The van der Waals surface area contributed by atoms with Crippen LogP contribution in [0.1, 0.15) is 31.7 Å². The van der Waals surface area contributed by atoms with Gasteiger partial charge in [0.2, 0.25) is 0 Å². The summed E-state index contributed by atoms with van der Waals surface area (Å²) >= 11 is 1.15. The molecule has 1 N–H and O–H groups in total. The van der Waals surface area contributed by atoms with Crippen molar-refractivity contribution < 1.29 is 13.5 Å². The maximum absolute atomic E-state index is 14.3. The van der Waals surface area contributed by atoms with E-state index in [4.69, 9.17) is 10.00 Å². The molecule has 0 aliphatic carbocycles. The van der Waals surface area contributed by atoms with Gasteiger partial charge in [0.1, 0.15) is 11.6 Å². The first kappa shape index (κ1) is 18.9. The molecule has 1 heterocycles. The molecule has 0 spiro atoms. The second-order valence-corrected chi connectivity index (χ2v) is 6.03. The van der Waals surface area contributed by atoms with Crippen LogP contribution >= 0.6 is 11.8 Å². The van der Waals surface area contributed by atoms with E-state index in [9.17, 15) is 13.6 Å². The number of nitrogens with one attached hydrogen (secondary N) is 1. The molecule has 2 aromatic rings. The molecule has 0 unspecified atom stereocenters. The summed E-state index contributed by atoms with van der Waals surface area (Å²) in [5.74, 6) is -2.26. The lowest BCUT2D eigenvalue weighted by molar-refractivity contribution is 0.276. The Kier molecular flexibility index (Phi) is 6.53. The van der Waals surface area contributed by atoms with Crippen molar-refractivity contribution in [2.75, 3.05) is 12.9 Å². The number of ether oxygens (including phenoxy) is 1. The highest BCUT2D eigenvalue weighted by Crippen LogP contribution is 2.29. The first-order valence-electron chi connectivity index (χ1n) is 7.72. The molecule has 132 valence electrons. The third kappa shape index (κ3) is 4.37. The topological polar surface area (TPSA) is 78.8 Å². The van der Waals surface area contributed by atoms with Crippen molar-refractivity contribution >= 4 is 11.8 Å². The van der Waals surface area contributed by atoms with Crippen LogP contribution in [0.4, 0.5) is 8.78 Å². The van der Waals surface area contributed by atoms with Crippen LogP contribution in [0.15, 0.2) is 22.1 Å². The molecule has 0 aliphatic heterocycles. The summed E-state index contributed by atoms with van der Waals surface area (Å²) in [6, 6.07) is 3.76. The van der Waals surface area contributed by atoms with Crippen molar-refractivity contribution in [3.63, 3.8) is 0 Å². The number of unbranched alkanes of at least 4 members (excludes halogenated alkanes) is 2. The first-order valence-corrected chi connectivity index (χ1v) is 8.94. The number of nitrogens with zero attached hydrogens (tertiary/aromatic N) is 2. The molecule has 2 rings (SSSR count). The average molecular weight is 365 g/mol. The van der Waals surface area contributed by atoms with Gasteiger partial charge in [0.25, 0.3) is 5.56 Å². The van der Waals surface area contributed by atoms with Gasteiger partial charge in [-0.05, 0) is 24.8 Å². The Hall–Kier alpha value is -2.40. The Labute approximate surface area is 148 Å². The smallest absolute Gasteiger partial charge is 0.270 e. The minimum Gasteiger partial charge on any atom is -0.488 e. The van der Waals surface area contributed by atoms with E-state index >= 15 is 0 Å². The molecule has 1 aromatic carbocycles. The number of benzene rings is 1. The SMILES string of the molecule is CCCCCOc1c(F)cc(-c2nc(SC)[nH]c(=O)c2C#N)cc1F. The molecule has 0 saturated carbocycles. The minimum absolute atomic E-state index is 0.00820. The van der Waals surface area contributed by atoms with Crippen molar-refractivity contribution in [3.8, 4) is 23.1 Å². The third-order valence-corrected chi connectivity index (χ3v) is 4.05. The van der Waals surface area contributed by atoms with Gasteiger partial charge in [0, 0.05) is 5.56 Å². The van der Waals surface area contributed by atoms with E-state index in [-0.39, 0.29) is 28.6 Å². The fraction of sp³-hybridized carbons (Fsp3) is 0.353. The maximum Gasteiger partial charge on any atom is 0.270 e. The van der Waals surface area contributed by atoms with Crippen molar-refractivity contribution in [1.29, 1.82) is 5.26 Å². The Morgan fingerprint density at radius 1 is 1.32 bits per heavy atom. The molecule has 0 bridgehead atoms. The minimum atomic E-state index is -0.900. The highest BCUT2D eigenvalue weighted by Gasteiger charge is 2.18. The number of halogens is 2. The lowest BCUT2D eigenvalue weighted by atomic mass is 10.1. The summed E-state index contributed by atoms with van der Waals surface area (Å²) in [6.45, 7) is 2.23. The monoisotopic (exact) mass is 365 g/mol.